The monoisotopic (exact) mass is 301 g/mol. The Morgan fingerprint density at radius 1 is 1.40 bits per heavy atom. The van der Waals surface area contributed by atoms with Gasteiger partial charge in [0.15, 0.2) is 11.5 Å². The van der Waals surface area contributed by atoms with Crippen LogP contribution in [0.25, 0.3) is 0 Å². The summed E-state index contributed by atoms with van der Waals surface area (Å²) in [5.74, 6) is 0.766. The van der Waals surface area contributed by atoms with E-state index in [-0.39, 0.29) is 25.0 Å². The number of benzene rings is 1. The molecule has 1 atom stereocenters. The number of methoxy groups -OCH3 is 2. The molecule has 1 aromatic carbocycles. The van der Waals surface area contributed by atoms with Gasteiger partial charge in [-0.25, -0.2) is 0 Å². The van der Waals surface area contributed by atoms with Crippen molar-refractivity contribution >= 4 is 17.6 Å². The molecule has 5 nitrogen and oxygen atoms in total. The maximum atomic E-state index is 11.1. The van der Waals surface area contributed by atoms with E-state index in [1.807, 2.05) is 6.92 Å². The molecular weight excluding hydrogens is 282 g/mol. The van der Waals surface area contributed by atoms with E-state index in [2.05, 4.69) is 4.74 Å². The molecule has 0 spiro atoms. The summed E-state index contributed by atoms with van der Waals surface area (Å²) >= 11 is 6.04. The lowest BCUT2D eigenvalue weighted by molar-refractivity contribution is -0.141. The predicted octanol–water partition coefficient (Wildman–Crippen LogP) is 2.18. The highest BCUT2D eigenvalue weighted by atomic mass is 35.5. The van der Waals surface area contributed by atoms with Crippen LogP contribution in [0.3, 0.4) is 0 Å². The molecule has 1 unspecified atom stereocenters. The van der Waals surface area contributed by atoms with Gasteiger partial charge in [-0.3, -0.25) is 4.79 Å². The van der Waals surface area contributed by atoms with Crippen LogP contribution < -0.4 is 15.2 Å². The van der Waals surface area contributed by atoms with Gasteiger partial charge >= 0.3 is 5.97 Å². The smallest absolute Gasteiger partial charge is 0.308 e. The SMILES string of the molecule is COC(=O)CCOc1c(CC(C)N)cc(Cl)cc1OC. The lowest BCUT2D eigenvalue weighted by Crippen LogP contribution is -2.19. The van der Waals surface area contributed by atoms with Gasteiger partial charge in [0.25, 0.3) is 0 Å². The Morgan fingerprint density at radius 2 is 2.10 bits per heavy atom. The second-order valence-corrected chi connectivity index (χ2v) is 4.89. The van der Waals surface area contributed by atoms with Crippen LogP contribution in [0.5, 0.6) is 11.5 Å². The summed E-state index contributed by atoms with van der Waals surface area (Å²) in [5.41, 5.74) is 6.68. The van der Waals surface area contributed by atoms with Crippen LogP contribution in [-0.4, -0.2) is 32.8 Å². The average molecular weight is 302 g/mol. The molecule has 0 bridgehead atoms. The summed E-state index contributed by atoms with van der Waals surface area (Å²) in [4.78, 5) is 11.1. The number of hydrogen-bond acceptors (Lipinski definition) is 5. The molecule has 0 amide bonds. The molecule has 0 fully saturated rings. The number of carbonyl (C=O) groups is 1. The molecule has 6 heteroatoms. The van der Waals surface area contributed by atoms with Crippen LogP contribution in [0.15, 0.2) is 12.1 Å². The molecule has 0 saturated heterocycles. The minimum atomic E-state index is -0.327. The first kappa shape index (κ1) is 16.6. The number of esters is 1. The van der Waals surface area contributed by atoms with E-state index in [1.165, 1.54) is 14.2 Å². The molecule has 1 rings (SSSR count). The van der Waals surface area contributed by atoms with Gasteiger partial charge in [-0.05, 0) is 19.4 Å². The number of carbonyl (C=O) groups excluding carboxylic acids is 1. The van der Waals surface area contributed by atoms with Crippen molar-refractivity contribution in [1.82, 2.24) is 0 Å². The topological polar surface area (TPSA) is 70.8 Å². The summed E-state index contributed by atoms with van der Waals surface area (Å²) in [7, 11) is 2.88. The van der Waals surface area contributed by atoms with Gasteiger partial charge in [-0.2, -0.15) is 0 Å². The Bertz CT molecular complexity index is 463. The van der Waals surface area contributed by atoms with Crippen molar-refractivity contribution in [3.63, 3.8) is 0 Å². The van der Waals surface area contributed by atoms with Crippen LogP contribution in [-0.2, 0) is 16.0 Å². The molecule has 20 heavy (non-hydrogen) atoms. The van der Waals surface area contributed by atoms with Crippen molar-refractivity contribution in [3.8, 4) is 11.5 Å². The molecule has 0 heterocycles. The molecule has 0 aliphatic carbocycles. The van der Waals surface area contributed by atoms with Crippen molar-refractivity contribution in [2.75, 3.05) is 20.8 Å². The number of halogens is 1. The Balaban J connectivity index is 2.92. The summed E-state index contributed by atoms with van der Waals surface area (Å²) in [6.45, 7) is 2.10. The van der Waals surface area contributed by atoms with Gasteiger partial charge in [-0.1, -0.05) is 11.6 Å². The van der Waals surface area contributed by atoms with Crippen LogP contribution in [0, 0.1) is 0 Å². The fraction of sp³-hybridized carbons (Fsp3) is 0.500. The Kier molecular flexibility index (Phi) is 6.61. The third kappa shape index (κ3) is 4.90. The van der Waals surface area contributed by atoms with E-state index < -0.39 is 0 Å². The zero-order chi connectivity index (χ0) is 15.1. The number of nitrogens with two attached hydrogens (primary N) is 1. The molecule has 112 valence electrons. The number of hydrogen-bond donors (Lipinski definition) is 1. The van der Waals surface area contributed by atoms with Crippen molar-refractivity contribution in [3.05, 3.63) is 22.7 Å². The van der Waals surface area contributed by atoms with E-state index in [0.717, 1.165) is 5.56 Å². The van der Waals surface area contributed by atoms with E-state index in [4.69, 9.17) is 26.8 Å². The Morgan fingerprint density at radius 3 is 2.65 bits per heavy atom. The second kappa shape index (κ2) is 7.97. The molecule has 1 aromatic rings. The third-order valence-electron chi connectivity index (χ3n) is 2.64. The van der Waals surface area contributed by atoms with Gasteiger partial charge in [0.2, 0.25) is 0 Å². The number of rotatable bonds is 7. The first-order chi connectivity index (χ1) is 9.47. The fourth-order valence-electron chi connectivity index (χ4n) is 1.78. The van der Waals surface area contributed by atoms with Crippen LogP contribution in [0.4, 0.5) is 0 Å². The summed E-state index contributed by atoms with van der Waals surface area (Å²) in [5, 5.41) is 0.554. The molecular formula is C14H20ClNO4. The lowest BCUT2D eigenvalue weighted by Gasteiger charge is -2.16. The van der Waals surface area contributed by atoms with E-state index in [0.29, 0.717) is 22.9 Å². The van der Waals surface area contributed by atoms with Gasteiger partial charge in [0, 0.05) is 22.7 Å². The van der Waals surface area contributed by atoms with E-state index >= 15 is 0 Å². The van der Waals surface area contributed by atoms with Crippen LogP contribution >= 0.6 is 11.6 Å². The van der Waals surface area contributed by atoms with Gasteiger partial charge in [0.1, 0.15) is 0 Å². The van der Waals surface area contributed by atoms with Crippen LogP contribution in [0.2, 0.25) is 5.02 Å². The van der Waals surface area contributed by atoms with Gasteiger partial charge < -0.3 is 19.9 Å². The lowest BCUT2D eigenvalue weighted by atomic mass is 10.1. The standard InChI is InChI=1S/C14H20ClNO4/c1-9(16)6-10-7-11(15)8-12(18-2)14(10)20-5-4-13(17)19-3/h7-9H,4-6,16H2,1-3H3. The maximum Gasteiger partial charge on any atom is 0.308 e. The number of ether oxygens (including phenoxy) is 3. The average Bonchev–Trinajstić information content (AvgIpc) is 2.39. The normalized spacial score (nSPS) is 11.8. The third-order valence-corrected chi connectivity index (χ3v) is 2.86. The zero-order valence-corrected chi connectivity index (χ0v) is 12.7. The van der Waals surface area contributed by atoms with Crippen molar-refractivity contribution < 1.29 is 19.0 Å². The summed E-state index contributed by atoms with van der Waals surface area (Å²) < 4.78 is 15.5. The highest BCUT2D eigenvalue weighted by Gasteiger charge is 2.15. The molecule has 0 aliphatic rings. The highest BCUT2D eigenvalue weighted by molar-refractivity contribution is 6.30. The van der Waals surface area contributed by atoms with Crippen molar-refractivity contribution in [2.24, 2.45) is 5.73 Å². The summed E-state index contributed by atoms with van der Waals surface area (Å²) in [6.07, 6.45) is 0.768. The maximum absolute atomic E-state index is 11.1. The fourth-order valence-corrected chi connectivity index (χ4v) is 2.01. The summed E-state index contributed by atoms with van der Waals surface area (Å²) in [6, 6.07) is 3.42. The first-order valence-electron chi connectivity index (χ1n) is 6.29. The molecule has 2 N–H and O–H groups in total. The zero-order valence-electron chi connectivity index (χ0n) is 11.9. The Labute approximate surface area is 123 Å². The molecule has 0 aromatic heterocycles. The van der Waals surface area contributed by atoms with Gasteiger partial charge in [0.05, 0.1) is 27.2 Å². The van der Waals surface area contributed by atoms with Crippen molar-refractivity contribution in [1.29, 1.82) is 0 Å². The first-order valence-corrected chi connectivity index (χ1v) is 6.67. The van der Waals surface area contributed by atoms with Gasteiger partial charge in [-0.15, -0.1) is 0 Å². The van der Waals surface area contributed by atoms with Crippen molar-refractivity contribution in [2.45, 2.75) is 25.8 Å². The minimum absolute atomic E-state index is 0.0406. The predicted molar refractivity (Wildman–Crippen MR) is 77.5 cm³/mol. The largest absolute Gasteiger partial charge is 0.493 e. The molecule has 0 radical (unpaired) electrons. The Hall–Kier alpha value is -1.46. The minimum Gasteiger partial charge on any atom is -0.493 e. The van der Waals surface area contributed by atoms with E-state index in [9.17, 15) is 4.79 Å². The second-order valence-electron chi connectivity index (χ2n) is 4.45. The van der Waals surface area contributed by atoms with E-state index in [1.54, 1.807) is 12.1 Å². The highest BCUT2D eigenvalue weighted by Crippen LogP contribution is 2.35. The quantitative estimate of drug-likeness (QED) is 0.782. The molecule has 0 aliphatic heterocycles. The molecule has 0 saturated carbocycles. The van der Waals surface area contributed by atoms with Crippen LogP contribution in [0.1, 0.15) is 18.9 Å².